The summed E-state index contributed by atoms with van der Waals surface area (Å²) in [5.41, 5.74) is 2.77. The van der Waals surface area contributed by atoms with Crippen LogP contribution in [-0.4, -0.2) is 41.5 Å². The minimum Gasteiger partial charge on any atom is -0.456 e. The van der Waals surface area contributed by atoms with Crippen LogP contribution in [0.25, 0.3) is 5.69 Å². The summed E-state index contributed by atoms with van der Waals surface area (Å²) in [4.78, 5) is 38.1. The molecule has 0 aliphatic heterocycles. The number of halogens is 2. The molecule has 0 unspecified atom stereocenters. The molecule has 0 fully saturated rings. The fraction of sp³-hybridized carbons (Fsp3) is 0.296. The Morgan fingerprint density at radius 1 is 0.972 bits per heavy atom. The van der Waals surface area contributed by atoms with Gasteiger partial charge in [-0.15, -0.1) is 0 Å². The van der Waals surface area contributed by atoms with Gasteiger partial charge < -0.3 is 19.4 Å². The molecule has 36 heavy (non-hydrogen) atoms. The highest BCUT2D eigenvalue weighted by atomic mass is 19.3. The van der Waals surface area contributed by atoms with E-state index in [1.165, 1.54) is 12.1 Å². The molecule has 0 spiro atoms. The number of Topliss-reactive ketones (excluding diaryl/α,β-unsaturated/α-hetero) is 1. The molecule has 0 aliphatic carbocycles. The summed E-state index contributed by atoms with van der Waals surface area (Å²) in [5.74, 6) is -1.75. The Morgan fingerprint density at radius 2 is 1.61 bits per heavy atom. The molecule has 1 N–H and O–H groups in total. The van der Waals surface area contributed by atoms with Crippen molar-refractivity contribution in [2.45, 2.75) is 40.3 Å². The van der Waals surface area contributed by atoms with Gasteiger partial charge in [0.1, 0.15) is 11.8 Å². The summed E-state index contributed by atoms with van der Waals surface area (Å²) >= 11 is 0. The highest BCUT2D eigenvalue weighted by molar-refractivity contribution is 6.00. The maximum atomic E-state index is 12.9. The lowest BCUT2D eigenvalue weighted by Crippen LogP contribution is -2.45. The van der Waals surface area contributed by atoms with E-state index in [0.717, 1.165) is 5.69 Å². The first-order valence-corrected chi connectivity index (χ1v) is 11.4. The van der Waals surface area contributed by atoms with E-state index in [2.05, 4.69) is 10.1 Å². The Hall–Kier alpha value is -4.01. The third-order valence-corrected chi connectivity index (χ3v) is 5.64. The van der Waals surface area contributed by atoms with Gasteiger partial charge in [-0.3, -0.25) is 9.59 Å². The standard InChI is InChI=1S/C27H28F2N2O5/c1-16(2)24(30-25(33)19-8-6-5-7-9-19)26(34)35-15-23(32)22-14-17(3)31(18(22)4)20-10-12-21(13-11-20)36-27(28)29/h5-14,16,24,27H,15H2,1-4H3,(H,30,33)/t24-/m1/s1. The Morgan fingerprint density at radius 3 is 2.19 bits per heavy atom. The highest BCUT2D eigenvalue weighted by Gasteiger charge is 2.27. The number of carbonyl (C=O) groups is 3. The lowest BCUT2D eigenvalue weighted by Gasteiger charge is -2.20. The van der Waals surface area contributed by atoms with E-state index in [-0.39, 0.29) is 11.7 Å². The second-order valence-electron chi connectivity index (χ2n) is 8.58. The van der Waals surface area contributed by atoms with E-state index in [1.807, 2.05) is 0 Å². The van der Waals surface area contributed by atoms with Gasteiger partial charge in [0.25, 0.3) is 5.91 Å². The monoisotopic (exact) mass is 498 g/mol. The van der Waals surface area contributed by atoms with Crippen LogP contribution in [0.1, 0.15) is 46.0 Å². The van der Waals surface area contributed by atoms with Crippen molar-refractivity contribution in [2.24, 2.45) is 5.92 Å². The van der Waals surface area contributed by atoms with Gasteiger partial charge in [0.15, 0.2) is 6.61 Å². The number of amides is 1. The lowest BCUT2D eigenvalue weighted by molar-refractivity contribution is -0.145. The number of aromatic nitrogens is 1. The second kappa shape index (κ2) is 11.6. The highest BCUT2D eigenvalue weighted by Crippen LogP contribution is 2.24. The second-order valence-corrected chi connectivity index (χ2v) is 8.58. The molecule has 7 nitrogen and oxygen atoms in total. The van der Waals surface area contributed by atoms with Gasteiger partial charge in [0.05, 0.1) is 0 Å². The van der Waals surface area contributed by atoms with Crippen LogP contribution in [0.15, 0.2) is 60.7 Å². The smallest absolute Gasteiger partial charge is 0.387 e. The molecule has 1 amide bonds. The number of rotatable bonds is 10. The molecular weight excluding hydrogens is 470 g/mol. The molecule has 2 aromatic carbocycles. The zero-order valence-electron chi connectivity index (χ0n) is 20.5. The number of ketones is 1. The third-order valence-electron chi connectivity index (χ3n) is 5.64. The Kier molecular flexibility index (Phi) is 8.58. The number of hydrogen-bond donors (Lipinski definition) is 1. The van der Waals surface area contributed by atoms with Crippen LogP contribution in [0.2, 0.25) is 0 Å². The van der Waals surface area contributed by atoms with E-state index in [9.17, 15) is 23.2 Å². The van der Waals surface area contributed by atoms with E-state index in [4.69, 9.17) is 4.74 Å². The third kappa shape index (κ3) is 6.35. The first-order chi connectivity index (χ1) is 17.1. The van der Waals surface area contributed by atoms with Crippen molar-refractivity contribution in [3.63, 3.8) is 0 Å². The fourth-order valence-electron chi connectivity index (χ4n) is 3.84. The summed E-state index contributed by atoms with van der Waals surface area (Å²) < 4.78 is 36.3. The molecule has 0 radical (unpaired) electrons. The summed E-state index contributed by atoms with van der Waals surface area (Å²) in [6, 6.07) is 15.3. The molecule has 0 aliphatic rings. The first-order valence-electron chi connectivity index (χ1n) is 11.4. The quantitative estimate of drug-likeness (QED) is 0.318. The Labute approximate surface area is 208 Å². The van der Waals surface area contributed by atoms with Crippen LogP contribution >= 0.6 is 0 Å². The molecule has 0 saturated heterocycles. The van der Waals surface area contributed by atoms with E-state index in [1.54, 1.807) is 80.8 Å². The summed E-state index contributed by atoms with van der Waals surface area (Å²) in [5, 5.41) is 2.67. The van der Waals surface area contributed by atoms with Crippen LogP contribution in [0.4, 0.5) is 8.78 Å². The molecule has 1 heterocycles. The molecule has 3 rings (SSSR count). The predicted octanol–water partition coefficient (Wildman–Crippen LogP) is 4.88. The average molecular weight is 499 g/mol. The zero-order chi connectivity index (χ0) is 26.4. The molecule has 0 saturated carbocycles. The van der Waals surface area contributed by atoms with Gasteiger partial charge in [-0.05, 0) is 62.2 Å². The van der Waals surface area contributed by atoms with Crippen molar-refractivity contribution in [1.29, 1.82) is 0 Å². The van der Waals surface area contributed by atoms with Crippen LogP contribution < -0.4 is 10.1 Å². The predicted molar refractivity (Wildman–Crippen MR) is 130 cm³/mol. The van der Waals surface area contributed by atoms with Gasteiger partial charge in [-0.1, -0.05) is 32.0 Å². The van der Waals surface area contributed by atoms with Gasteiger partial charge in [-0.25, -0.2) is 4.79 Å². The van der Waals surface area contributed by atoms with Gasteiger partial charge in [-0.2, -0.15) is 8.78 Å². The summed E-state index contributed by atoms with van der Waals surface area (Å²) in [6.07, 6.45) is 0. The van der Waals surface area contributed by atoms with Crippen molar-refractivity contribution in [3.8, 4) is 11.4 Å². The van der Waals surface area contributed by atoms with Crippen LogP contribution in [0, 0.1) is 19.8 Å². The lowest BCUT2D eigenvalue weighted by atomic mass is 10.0. The summed E-state index contributed by atoms with van der Waals surface area (Å²) in [7, 11) is 0. The molecule has 1 atom stereocenters. The summed E-state index contributed by atoms with van der Waals surface area (Å²) in [6.45, 7) is 3.67. The number of nitrogens with zero attached hydrogens (tertiary/aromatic N) is 1. The molecule has 3 aromatic rings. The average Bonchev–Trinajstić information content (AvgIpc) is 3.15. The minimum atomic E-state index is -2.92. The normalized spacial score (nSPS) is 11.9. The molecular formula is C27H28F2N2O5. The molecule has 9 heteroatoms. The number of hydrogen-bond acceptors (Lipinski definition) is 5. The molecule has 1 aromatic heterocycles. The zero-order valence-corrected chi connectivity index (χ0v) is 20.5. The SMILES string of the molecule is Cc1cc(C(=O)COC(=O)[C@H](NC(=O)c2ccccc2)C(C)C)c(C)n1-c1ccc(OC(F)F)cc1. The number of carbonyl (C=O) groups excluding carboxylic acids is 3. The molecule has 190 valence electrons. The number of aryl methyl sites for hydroxylation is 1. The Balaban J connectivity index is 1.68. The van der Waals surface area contributed by atoms with Crippen molar-refractivity contribution in [2.75, 3.05) is 6.61 Å². The molecule has 0 bridgehead atoms. The number of alkyl halides is 2. The first kappa shape index (κ1) is 26.6. The van der Waals surface area contributed by atoms with Gasteiger partial charge in [0, 0.05) is 28.2 Å². The topological polar surface area (TPSA) is 86.6 Å². The number of esters is 1. The van der Waals surface area contributed by atoms with E-state index < -0.39 is 36.9 Å². The van der Waals surface area contributed by atoms with Crippen molar-refractivity contribution in [1.82, 2.24) is 9.88 Å². The largest absolute Gasteiger partial charge is 0.456 e. The van der Waals surface area contributed by atoms with E-state index in [0.29, 0.717) is 22.5 Å². The minimum absolute atomic E-state index is 0.0264. The maximum absolute atomic E-state index is 12.9. The van der Waals surface area contributed by atoms with Crippen molar-refractivity contribution >= 4 is 17.7 Å². The maximum Gasteiger partial charge on any atom is 0.387 e. The Bertz CT molecular complexity index is 1220. The van der Waals surface area contributed by atoms with Crippen LogP contribution in [0.3, 0.4) is 0 Å². The van der Waals surface area contributed by atoms with Gasteiger partial charge >= 0.3 is 12.6 Å². The number of nitrogens with one attached hydrogen (secondary N) is 1. The van der Waals surface area contributed by atoms with Crippen molar-refractivity contribution in [3.05, 3.63) is 83.2 Å². The fourth-order valence-corrected chi connectivity index (χ4v) is 3.84. The van der Waals surface area contributed by atoms with Gasteiger partial charge in [0.2, 0.25) is 5.78 Å². The van der Waals surface area contributed by atoms with E-state index >= 15 is 0 Å². The van der Waals surface area contributed by atoms with Crippen LogP contribution in [-0.2, 0) is 9.53 Å². The number of benzene rings is 2. The van der Waals surface area contributed by atoms with Crippen LogP contribution in [0.5, 0.6) is 5.75 Å². The van der Waals surface area contributed by atoms with Crippen molar-refractivity contribution < 1.29 is 32.6 Å². The number of ether oxygens (including phenoxy) is 2.